The summed E-state index contributed by atoms with van der Waals surface area (Å²) in [6, 6.07) is 7.24. The molecule has 0 bridgehead atoms. The molecule has 0 radical (unpaired) electrons. The fourth-order valence-electron chi connectivity index (χ4n) is 3.69. The highest BCUT2D eigenvalue weighted by Gasteiger charge is 2.30. The van der Waals surface area contributed by atoms with Crippen LogP contribution in [0, 0.1) is 5.92 Å². The van der Waals surface area contributed by atoms with Gasteiger partial charge in [0.15, 0.2) is 12.6 Å². The third kappa shape index (κ3) is 6.24. The minimum atomic E-state index is -0.259. The zero-order valence-corrected chi connectivity index (χ0v) is 17.0. The summed E-state index contributed by atoms with van der Waals surface area (Å²) in [5.41, 5.74) is 0.726. The fraction of sp³-hybridized carbons (Fsp3) is 0.619. The van der Waals surface area contributed by atoms with Gasteiger partial charge >= 0.3 is 0 Å². The van der Waals surface area contributed by atoms with E-state index in [2.05, 4.69) is 17.6 Å². The third-order valence-corrected chi connectivity index (χ3v) is 5.66. The van der Waals surface area contributed by atoms with Crippen molar-refractivity contribution < 1.29 is 19.2 Å². The second kappa shape index (κ2) is 10.3. The normalized spacial score (nSPS) is 21.8. The number of amides is 2. The number of carbonyl (C=O) groups excluding carboxylic acids is 2. The lowest BCUT2D eigenvalue weighted by Crippen LogP contribution is -3.17. The Bertz CT molecular complexity index is 618. The summed E-state index contributed by atoms with van der Waals surface area (Å²) < 4.78 is 5.12. The van der Waals surface area contributed by atoms with Crippen molar-refractivity contribution in [2.24, 2.45) is 5.92 Å². The lowest BCUT2D eigenvalue weighted by molar-refractivity contribution is -0.904. The summed E-state index contributed by atoms with van der Waals surface area (Å²) in [5.74, 6) is 1.22. The molecule has 1 aromatic rings. The Kier molecular flexibility index (Phi) is 8.10. The first-order valence-corrected chi connectivity index (χ1v) is 10.0. The van der Waals surface area contributed by atoms with Gasteiger partial charge in [-0.2, -0.15) is 0 Å². The monoisotopic (exact) mass is 376 g/mol. The van der Waals surface area contributed by atoms with Gasteiger partial charge in [0.2, 0.25) is 0 Å². The van der Waals surface area contributed by atoms with E-state index in [1.807, 2.05) is 38.1 Å². The first kappa shape index (κ1) is 21.2. The van der Waals surface area contributed by atoms with Gasteiger partial charge in [-0.25, -0.2) is 0 Å². The molecule has 1 fully saturated rings. The fourth-order valence-corrected chi connectivity index (χ4v) is 3.69. The summed E-state index contributed by atoms with van der Waals surface area (Å²) >= 11 is 0. The molecule has 1 aliphatic carbocycles. The van der Waals surface area contributed by atoms with Crippen LogP contribution in [0.2, 0.25) is 0 Å². The number of anilines is 1. The minimum absolute atomic E-state index is 0.0443. The van der Waals surface area contributed by atoms with Crippen molar-refractivity contribution in [3.63, 3.8) is 0 Å². The van der Waals surface area contributed by atoms with Crippen LogP contribution in [0.4, 0.5) is 5.69 Å². The van der Waals surface area contributed by atoms with Crippen molar-refractivity contribution in [2.45, 2.75) is 58.5 Å². The quantitative estimate of drug-likeness (QED) is 0.646. The lowest BCUT2D eigenvalue weighted by atomic mass is 9.86. The summed E-state index contributed by atoms with van der Waals surface area (Å²) in [4.78, 5) is 26.1. The van der Waals surface area contributed by atoms with E-state index in [1.165, 1.54) is 19.3 Å². The topological polar surface area (TPSA) is 71.9 Å². The number of methoxy groups -OCH3 is 1. The van der Waals surface area contributed by atoms with Gasteiger partial charge in [0.25, 0.3) is 11.8 Å². The average molecular weight is 377 g/mol. The van der Waals surface area contributed by atoms with Crippen molar-refractivity contribution >= 4 is 17.5 Å². The molecule has 150 valence electrons. The zero-order valence-electron chi connectivity index (χ0n) is 17.0. The zero-order chi connectivity index (χ0) is 19.8. The molecule has 6 nitrogen and oxygen atoms in total. The van der Waals surface area contributed by atoms with E-state index in [0.717, 1.165) is 22.8 Å². The molecule has 1 aromatic carbocycles. The summed E-state index contributed by atoms with van der Waals surface area (Å²) in [6.45, 7) is 7.09. The first-order valence-electron chi connectivity index (χ1n) is 10.0. The van der Waals surface area contributed by atoms with E-state index in [0.29, 0.717) is 12.5 Å². The van der Waals surface area contributed by atoms with Gasteiger partial charge in [-0.3, -0.25) is 9.59 Å². The highest BCUT2D eigenvalue weighted by atomic mass is 16.5. The van der Waals surface area contributed by atoms with Gasteiger partial charge in [-0.1, -0.05) is 19.8 Å². The summed E-state index contributed by atoms with van der Waals surface area (Å²) in [7, 11) is 1.61. The second-order valence-electron chi connectivity index (χ2n) is 7.56. The molecular weight excluding hydrogens is 342 g/mol. The van der Waals surface area contributed by atoms with Gasteiger partial charge in [-0.15, -0.1) is 0 Å². The largest absolute Gasteiger partial charge is 0.497 e. The predicted molar refractivity (Wildman–Crippen MR) is 107 cm³/mol. The maximum atomic E-state index is 12.7. The molecule has 0 aliphatic heterocycles. The van der Waals surface area contributed by atoms with Gasteiger partial charge in [0.1, 0.15) is 5.75 Å². The number of carbonyl (C=O) groups is 2. The number of likely N-dealkylation sites (N-methyl/N-ethyl adjacent to an activating group) is 1. The number of rotatable bonds is 8. The van der Waals surface area contributed by atoms with Gasteiger partial charge in [-0.05, 0) is 56.9 Å². The maximum absolute atomic E-state index is 12.7. The molecule has 1 unspecified atom stereocenters. The van der Waals surface area contributed by atoms with Crippen LogP contribution < -0.4 is 20.3 Å². The van der Waals surface area contributed by atoms with E-state index in [1.54, 1.807) is 7.11 Å². The Labute approximate surface area is 162 Å². The Morgan fingerprint density at radius 1 is 1.22 bits per heavy atom. The van der Waals surface area contributed by atoms with Crippen molar-refractivity contribution in [3.8, 4) is 5.75 Å². The molecule has 1 saturated carbocycles. The van der Waals surface area contributed by atoms with E-state index < -0.39 is 0 Å². The predicted octanol–water partition coefficient (Wildman–Crippen LogP) is 1.62. The van der Waals surface area contributed by atoms with Crippen molar-refractivity contribution in [2.75, 3.05) is 25.5 Å². The summed E-state index contributed by atoms with van der Waals surface area (Å²) in [6.07, 6.45) is 4.66. The molecule has 1 aliphatic rings. The third-order valence-electron chi connectivity index (χ3n) is 5.66. The number of hydrogen-bond donors (Lipinski definition) is 3. The van der Waals surface area contributed by atoms with Gasteiger partial charge in [0.05, 0.1) is 13.7 Å². The van der Waals surface area contributed by atoms with Crippen molar-refractivity contribution in [1.29, 1.82) is 0 Å². The highest BCUT2D eigenvalue weighted by molar-refractivity contribution is 5.91. The Balaban J connectivity index is 1.87. The van der Waals surface area contributed by atoms with Gasteiger partial charge in [0, 0.05) is 11.7 Å². The molecule has 0 spiro atoms. The number of hydrogen-bond acceptors (Lipinski definition) is 3. The molecule has 2 amide bonds. The molecule has 2 rings (SSSR count). The smallest absolute Gasteiger partial charge is 0.279 e. The van der Waals surface area contributed by atoms with Crippen LogP contribution in [0.3, 0.4) is 0 Å². The minimum Gasteiger partial charge on any atom is -0.497 e. The molecule has 0 aromatic heterocycles. The molecule has 6 heteroatoms. The first-order chi connectivity index (χ1) is 12.9. The number of ether oxygens (including phenoxy) is 1. The molecule has 27 heavy (non-hydrogen) atoms. The van der Waals surface area contributed by atoms with E-state index in [9.17, 15) is 9.59 Å². The van der Waals surface area contributed by atoms with Crippen LogP contribution in [0.5, 0.6) is 5.75 Å². The van der Waals surface area contributed by atoms with Crippen LogP contribution in [0.15, 0.2) is 24.3 Å². The van der Waals surface area contributed by atoms with Crippen LogP contribution in [-0.2, 0) is 9.59 Å². The van der Waals surface area contributed by atoms with Crippen molar-refractivity contribution in [3.05, 3.63) is 24.3 Å². The summed E-state index contributed by atoms with van der Waals surface area (Å²) in [5, 5.41) is 6.11. The van der Waals surface area contributed by atoms with Crippen LogP contribution in [0.1, 0.15) is 46.5 Å². The molecule has 0 heterocycles. The standard InChI is InChI=1S/C21H33N3O3/c1-5-24(14-20(25)22-17-10-12-18(27-4)13-11-17)16(3)21(26)23-19-9-7-6-8-15(19)2/h10-13,15-16,19H,5-9,14H2,1-4H3,(H,22,25)(H,23,26)/p+1/t15-,16-,19+/m0/s1. The van der Waals surface area contributed by atoms with E-state index >= 15 is 0 Å². The average Bonchev–Trinajstić information content (AvgIpc) is 2.68. The van der Waals surface area contributed by atoms with Crippen molar-refractivity contribution in [1.82, 2.24) is 5.32 Å². The molecular formula is C21H34N3O3+. The number of quaternary nitrogens is 1. The SMILES string of the molecule is CC[NH+](CC(=O)Nc1ccc(OC)cc1)[C@@H](C)C(=O)N[C@@H]1CCCC[C@@H]1C. The second-order valence-corrected chi connectivity index (χ2v) is 7.56. The molecule has 0 saturated heterocycles. The Hall–Kier alpha value is -2.08. The lowest BCUT2D eigenvalue weighted by Gasteiger charge is -2.31. The number of nitrogens with one attached hydrogen (secondary N) is 3. The van der Waals surface area contributed by atoms with Crippen LogP contribution in [-0.4, -0.2) is 44.1 Å². The van der Waals surface area contributed by atoms with E-state index in [4.69, 9.17) is 4.74 Å². The van der Waals surface area contributed by atoms with E-state index in [-0.39, 0.29) is 30.4 Å². The Morgan fingerprint density at radius 2 is 1.89 bits per heavy atom. The maximum Gasteiger partial charge on any atom is 0.279 e. The Morgan fingerprint density at radius 3 is 2.48 bits per heavy atom. The van der Waals surface area contributed by atoms with Crippen LogP contribution in [0.25, 0.3) is 0 Å². The highest BCUT2D eigenvalue weighted by Crippen LogP contribution is 2.23. The molecule has 4 atom stereocenters. The van der Waals surface area contributed by atoms with Gasteiger partial charge < -0.3 is 20.3 Å². The van der Waals surface area contributed by atoms with Crippen LogP contribution >= 0.6 is 0 Å². The molecule has 3 N–H and O–H groups in total. The number of benzene rings is 1.